The van der Waals surface area contributed by atoms with E-state index in [1.54, 1.807) is 0 Å². The summed E-state index contributed by atoms with van der Waals surface area (Å²) in [5.41, 5.74) is 1.12. The minimum absolute atomic E-state index is 0.000588. The van der Waals surface area contributed by atoms with Gasteiger partial charge in [-0.3, -0.25) is 0 Å². The van der Waals surface area contributed by atoms with Crippen LogP contribution in [0.4, 0.5) is 0 Å². The summed E-state index contributed by atoms with van der Waals surface area (Å²) in [6.07, 6.45) is 13.9. The topological polar surface area (TPSA) is 20.2 Å². The standard InChI is InChI=1S/C19H32O/c1-18-10-8-16-15(17(18)11-14(20)12-18)7-6-13-5-3-4-9-19(13,16)2/h13-17,20H,3-12H2,1-2H3/t13?,14-,15?,16?,17?,18?,19?/m0/s1. The van der Waals surface area contributed by atoms with Crippen LogP contribution in [0.25, 0.3) is 0 Å². The lowest BCUT2D eigenvalue weighted by Gasteiger charge is -2.60. The van der Waals surface area contributed by atoms with Crippen molar-refractivity contribution in [3.63, 3.8) is 0 Å². The van der Waals surface area contributed by atoms with Crippen molar-refractivity contribution in [3.8, 4) is 0 Å². The van der Waals surface area contributed by atoms with E-state index in [4.69, 9.17) is 0 Å². The molecule has 4 aliphatic carbocycles. The van der Waals surface area contributed by atoms with Crippen LogP contribution < -0.4 is 0 Å². The summed E-state index contributed by atoms with van der Waals surface area (Å²) in [4.78, 5) is 0. The molecular weight excluding hydrogens is 244 g/mol. The summed E-state index contributed by atoms with van der Waals surface area (Å²) in [5.74, 6) is 3.76. The zero-order chi connectivity index (χ0) is 14.0. The Labute approximate surface area is 124 Å². The Morgan fingerprint density at radius 2 is 1.75 bits per heavy atom. The van der Waals surface area contributed by atoms with E-state index in [2.05, 4.69) is 13.8 Å². The van der Waals surface area contributed by atoms with Gasteiger partial charge >= 0.3 is 0 Å². The van der Waals surface area contributed by atoms with E-state index < -0.39 is 0 Å². The largest absolute Gasteiger partial charge is 0.393 e. The van der Waals surface area contributed by atoms with Crippen molar-refractivity contribution in [3.05, 3.63) is 0 Å². The van der Waals surface area contributed by atoms with Gasteiger partial charge in [-0.25, -0.2) is 0 Å². The SMILES string of the molecule is CC12CCC3C(CCC4CCCCC43C)C1C[C@H](O)C2. The zero-order valence-electron chi connectivity index (χ0n) is 13.4. The molecule has 0 heterocycles. The van der Waals surface area contributed by atoms with Crippen LogP contribution in [-0.4, -0.2) is 11.2 Å². The monoisotopic (exact) mass is 276 g/mol. The molecule has 7 atom stereocenters. The molecule has 0 saturated heterocycles. The highest BCUT2D eigenvalue weighted by Gasteiger charge is 2.58. The molecule has 4 aliphatic rings. The maximum atomic E-state index is 10.2. The second-order valence-electron chi connectivity index (χ2n) is 9.19. The molecule has 1 nitrogen and oxygen atoms in total. The normalized spacial score (nSPS) is 58.6. The van der Waals surface area contributed by atoms with Gasteiger partial charge in [-0.1, -0.05) is 26.7 Å². The number of rotatable bonds is 0. The third-order valence-electron chi connectivity index (χ3n) is 8.33. The van der Waals surface area contributed by atoms with Crippen molar-refractivity contribution in [2.75, 3.05) is 0 Å². The van der Waals surface area contributed by atoms with Crippen molar-refractivity contribution in [1.29, 1.82) is 0 Å². The lowest BCUT2D eigenvalue weighted by molar-refractivity contribution is -0.103. The minimum Gasteiger partial charge on any atom is -0.393 e. The van der Waals surface area contributed by atoms with E-state index in [1.165, 1.54) is 51.4 Å². The zero-order valence-corrected chi connectivity index (χ0v) is 13.4. The molecule has 6 unspecified atom stereocenters. The first-order valence-electron chi connectivity index (χ1n) is 9.21. The van der Waals surface area contributed by atoms with E-state index in [-0.39, 0.29) is 6.10 Å². The molecule has 0 bridgehead atoms. The van der Waals surface area contributed by atoms with E-state index in [0.29, 0.717) is 10.8 Å². The van der Waals surface area contributed by atoms with Gasteiger partial charge in [0.05, 0.1) is 6.10 Å². The van der Waals surface area contributed by atoms with Gasteiger partial charge in [0.1, 0.15) is 0 Å². The van der Waals surface area contributed by atoms with Crippen LogP contribution in [-0.2, 0) is 0 Å². The Morgan fingerprint density at radius 1 is 0.900 bits per heavy atom. The van der Waals surface area contributed by atoms with Crippen molar-refractivity contribution in [2.45, 2.75) is 84.2 Å². The van der Waals surface area contributed by atoms with Crippen LogP contribution in [0.1, 0.15) is 78.1 Å². The highest BCUT2D eigenvalue weighted by atomic mass is 16.3. The van der Waals surface area contributed by atoms with Crippen molar-refractivity contribution < 1.29 is 5.11 Å². The van der Waals surface area contributed by atoms with Crippen LogP contribution in [0.5, 0.6) is 0 Å². The molecule has 0 aliphatic heterocycles. The van der Waals surface area contributed by atoms with Crippen LogP contribution in [0.15, 0.2) is 0 Å². The number of hydrogen-bond acceptors (Lipinski definition) is 1. The van der Waals surface area contributed by atoms with Crippen molar-refractivity contribution in [1.82, 2.24) is 0 Å². The highest BCUT2D eigenvalue weighted by Crippen LogP contribution is 2.66. The Hall–Kier alpha value is -0.0400. The summed E-state index contributed by atoms with van der Waals surface area (Å²) in [7, 11) is 0. The fourth-order valence-corrected chi connectivity index (χ4v) is 7.32. The van der Waals surface area contributed by atoms with Gasteiger partial charge in [-0.05, 0) is 85.9 Å². The molecule has 4 rings (SSSR count). The average Bonchev–Trinajstić information content (AvgIpc) is 2.72. The molecule has 0 spiro atoms. The van der Waals surface area contributed by atoms with Crippen LogP contribution in [0.3, 0.4) is 0 Å². The fraction of sp³-hybridized carbons (Fsp3) is 1.00. The molecule has 0 aromatic carbocycles. The van der Waals surface area contributed by atoms with E-state index in [9.17, 15) is 5.11 Å². The van der Waals surface area contributed by atoms with Crippen molar-refractivity contribution in [2.24, 2.45) is 34.5 Å². The molecule has 4 fully saturated rings. The smallest absolute Gasteiger partial charge is 0.0548 e. The number of aliphatic hydroxyl groups excluding tert-OH is 1. The van der Waals surface area contributed by atoms with E-state index in [1.807, 2.05) is 0 Å². The minimum atomic E-state index is 0.000588. The molecule has 20 heavy (non-hydrogen) atoms. The van der Waals surface area contributed by atoms with E-state index in [0.717, 1.165) is 36.5 Å². The Balaban J connectivity index is 1.64. The maximum absolute atomic E-state index is 10.2. The summed E-state index contributed by atoms with van der Waals surface area (Å²) >= 11 is 0. The molecule has 1 N–H and O–H groups in total. The summed E-state index contributed by atoms with van der Waals surface area (Å²) in [6, 6.07) is 0. The predicted octanol–water partition coefficient (Wildman–Crippen LogP) is 4.78. The molecular formula is C19H32O. The van der Waals surface area contributed by atoms with Gasteiger partial charge in [-0.2, -0.15) is 0 Å². The van der Waals surface area contributed by atoms with Crippen LogP contribution in [0.2, 0.25) is 0 Å². The molecule has 0 aromatic heterocycles. The van der Waals surface area contributed by atoms with Gasteiger partial charge in [0, 0.05) is 0 Å². The van der Waals surface area contributed by atoms with Crippen LogP contribution in [0, 0.1) is 34.5 Å². The lowest BCUT2D eigenvalue weighted by atomic mass is 9.45. The number of fused-ring (bicyclic) bond motifs is 5. The Morgan fingerprint density at radius 3 is 2.60 bits per heavy atom. The Kier molecular flexibility index (Phi) is 3.05. The number of hydrogen-bond donors (Lipinski definition) is 1. The predicted molar refractivity (Wildman–Crippen MR) is 82.4 cm³/mol. The summed E-state index contributed by atoms with van der Waals surface area (Å²) in [6.45, 7) is 5.13. The summed E-state index contributed by atoms with van der Waals surface area (Å²) in [5, 5.41) is 10.2. The number of aliphatic hydroxyl groups is 1. The maximum Gasteiger partial charge on any atom is 0.0548 e. The molecule has 114 valence electrons. The van der Waals surface area contributed by atoms with Crippen molar-refractivity contribution >= 4 is 0 Å². The average molecular weight is 276 g/mol. The van der Waals surface area contributed by atoms with Gasteiger partial charge in [0.25, 0.3) is 0 Å². The Bertz CT molecular complexity index is 391. The fourth-order valence-electron chi connectivity index (χ4n) is 7.32. The first-order chi connectivity index (χ1) is 9.53. The molecule has 1 heteroatoms. The molecule has 4 saturated carbocycles. The van der Waals surface area contributed by atoms with E-state index >= 15 is 0 Å². The third kappa shape index (κ3) is 1.77. The quantitative estimate of drug-likeness (QED) is 0.675. The highest BCUT2D eigenvalue weighted by molar-refractivity contribution is 5.07. The van der Waals surface area contributed by atoms with Crippen LogP contribution >= 0.6 is 0 Å². The lowest BCUT2D eigenvalue weighted by Crippen LogP contribution is -2.51. The second-order valence-corrected chi connectivity index (χ2v) is 9.19. The first kappa shape index (κ1) is 13.6. The third-order valence-corrected chi connectivity index (χ3v) is 8.33. The first-order valence-corrected chi connectivity index (χ1v) is 9.21. The summed E-state index contributed by atoms with van der Waals surface area (Å²) < 4.78 is 0. The molecule has 0 amide bonds. The van der Waals surface area contributed by atoms with Gasteiger partial charge < -0.3 is 5.11 Å². The molecule has 0 aromatic rings. The van der Waals surface area contributed by atoms with Gasteiger partial charge in [0.2, 0.25) is 0 Å². The van der Waals surface area contributed by atoms with Gasteiger partial charge in [0.15, 0.2) is 0 Å². The van der Waals surface area contributed by atoms with Gasteiger partial charge in [-0.15, -0.1) is 0 Å². The molecule has 0 radical (unpaired) electrons. The second kappa shape index (κ2) is 4.48.